The van der Waals surface area contributed by atoms with Crippen LogP contribution in [0.15, 0.2) is 22.7 Å². The van der Waals surface area contributed by atoms with Gasteiger partial charge in [-0.2, -0.15) is 0 Å². The molecule has 0 aliphatic carbocycles. The van der Waals surface area contributed by atoms with Crippen LogP contribution in [0.1, 0.15) is 44.0 Å². The Morgan fingerprint density at radius 3 is 2.52 bits per heavy atom. The molecule has 0 atom stereocenters. The molecule has 25 heavy (non-hydrogen) atoms. The third-order valence-corrected chi connectivity index (χ3v) is 4.93. The Kier molecular flexibility index (Phi) is 6.74. The molecule has 1 aromatic rings. The number of carbonyl (C=O) groups excluding carboxylic acids is 2. The number of halogens is 2. The minimum atomic E-state index is -0.231. The maximum atomic E-state index is 12.3. The Morgan fingerprint density at radius 1 is 1.28 bits per heavy atom. The van der Waals surface area contributed by atoms with Crippen LogP contribution in [0.3, 0.4) is 0 Å². The number of hydrogen-bond acceptors (Lipinski definition) is 2. The average molecular weight is 431 g/mol. The molecule has 0 unspecified atom stereocenters. The first-order valence-electron chi connectivity index (χ1n) is 8.46. The van der Waals surface area contributed by atoms with Gasteiger partial charge in [-0.15, -0.1) is 0 Å². The van der Waals surface area contributed by atoms with Crippen LogP contribution in [-0.2, 0) is 0 Å². The standard InChI is InChI=1S/C18H25BrClN3O2/c1-18(2,3)22-17(25)23-8-6-12(7-9-23)11-21-16(24)14-10-13(19)4-5-15(14)20/h4-5,10,12H,6-9,11H2,1-3H3,(H,21,24)(H,22,25). The fourth-order valence-corrected chi connectivity index (χ4v) is 3.31. The van der Waals surface area contributed by atoms with Gasteiger partial charge in [0.15, 0.2) is 0 Å². The Balaban J connectivity index is 1.79. The van der Waals surface area contributed by atoms with Gasteiger partial charge >= 0.3 is 6.03 Å². The Hall–Kier alpha value is -1.27. The third kappa shape index (κ3) is 6.19. The van der Waals surface area contributed by atoms with Gasteiger partial charge in [-0.05, 0) is 57.7 Å². The van der Waals surface area contributed by atoms with Crippen LogP contribution in [0, 0.1) is 5.92 Å². The predicted octanol–water partition coefficient (Wildman–Crippen LogP) is 4.05. The van der Waals surface area contributed by atoms with Crippen molar-refractivity contribution in [2.45, 2.75) is 39.2 Å². The van der Waals surface area contributed by atoms with Crippen LogP contribution in [0.2, 0.25) is 5.02 Å². The minimum Gasteiger partial charge on any atom is -0.352 e. The Bertz CT molecular complexity index is 638. The number of benzene rings is 1. The van der Waals surface area contributed by atoms with Crippen molar-refractivity contribution in [2.24, 2.45) is 5.92 Å². The van der Waals surface area contributed by atoms with Crippen molar-refractivity contribution in [3.05, 3.63) is 33.3 Å². The fraction of sp³-hybridized carbons (Fsp3) is 0.556. The van der Waals surface area contributed by atoms with Crippen LogP contribution in [0.5, 0.6) is 0 Å². The van der Waals surface area contributed by atoms with Gasteiger partial charge in [0.05, 0.1) is 10.6 Å². The molecule has 1 aliphatic heterocycles. The molecule has 1 heterocycles. The van der Waals surface area contributed by atoms with E-state index < -0.39 is 0 Å². The van der Waals surface area contributed by atoms with Crippen LogP contribution in [0.25, 0.3) is 0 Å². The highest BCUT2D eigenvalue weighted by molar-refractivity contribution is 9.10. The molecule has 138 valence electrons. The van der Waals surface area contributed by atoms with Crippen molar-refractivity contribution in [3.63, 3.8) is 0 Å². The number of amides is 3. The number of carbonyl (C=O) groups is 2. The van der Waals surface area contributed by atoms with E-state index in [-0.39, 0.29) is 17.5 Å². The summed E-state index contributed by atoms with van der Waals surface area (Å²) >= 11 is 9.44. The summed E-state index contributed by atoms with van der Waals surface area (Å²) in [4.78, 5) is 26.3. The summed E-state index contributed by atoms with van der Waals surface area (Å²) in [5.41, 5.74) is 0.239. The summed E-state index contributed by atoms with van der Waals surface area (Å²) in [6, 6.07) is 5.21. The van der Waals surface area contributed by atoms with Crippen molar-refractivity contribution < 1.29 is 9.59 Å². The molecule has 0 radical (unpaired) electrons. The summed E-state index contributed by atoms with van der Waals surface area (Å²) in [5.74, 6) is 0.202. The molecule has 0 bridgehead atoms. The van der Waals surface area contributed by atoms with E-state index >= 15 is 0 Å². The average Bonchev–Trinajstić information content (AvgIpc) is 2.53. The molecule has 2 N–H and O–H groups in total. The maximum absolute atomic E-state index is 12.3. The third-order valence-electron chi connectivity index (χ3n) is 4.11. The quantitative estimate of drug-likeness (QED) is 0.760. The minimum absolute atomic E-state index is 0.0177. The summed E-state index contributed by atoms with van der Waals surface area (Å²) in [5, 5.41) is 6.38. The Labute approximate surface area is 162 Å². The molecule has 1 fully saturated rings. The first-order chi connectivity index (χ1) is 11.7. The largest absolute Gasteiger partial charge is 0.352 e. The number of hydrogen-bond donors (Lipinski definition) is 2. The van der Waals surface area contributed by atoms with Gasteiger partial charge in [0.25, 0.3) is 5.91 Å². The van der Waals surface area contributed by atoms with Gasteiger partial charge in [0.2, 0.25) is 0 Å². The van der Waals surface area contributed by atoms with Gasteiger partial charge < -0.3 is 15.5 Å². The highest BCUT2D eigenvalue weighted by atomic mass is 79.9. The van der Waals surface area contributed by atoms with Crippen LogP contribution >= 0.6 is 27.5 Å². The molecule has 1 saturated heterocycles. The van der Waals surface area contributed by atoms with Crippen molar-refractivity contribution in [1.29, 1.82) is 0 Å². The van der Waals surface area contributed by atoms with Gasteiger partial charge in [0, 0.05) is 29.6 Å². The topological polar surface area (TPSA) is 61.4 Å². The first-order valence-corrected chi connectivity index (χ1v) is 9.63. The molecule has 1 aliphatic rings. The summed E-state index contributed by atoms with van der Waals surface area (Å²) < 4.78 is 0.820. The highest BCUT2D eigenvalue weighted by Crippen LogP contribution is 2.22. The number of rotatable bonds is 3. The van der Waals surface area contributed by atoms with Gasteiger partial charge in [0.1, 0.15) is 0 Å². The maximum Gasteiger partial charge on any atom is 0.317 e. The zero-order valence-corrected chi connectivity index (χ0v) is 17.2. The fourth-order valence-electron chi connectivity index (χ4n) is 2.74. The monoisotopic (exact) mass is 429 g/mol. The molecule has 5 nitrogen and oxygen atoms in total. The molecule has 0 spiro atoms. The smallest absolute Gasteiger partial charge is 0.317 e. The number of urea groups is 1. The van der Waals surface area contributed by atoms with E-state index in [0.29, 0.717) is 36.1 Å². The molecule has 3 amide bonds. The van der Waals surface area contributed by atoms with Crippen molar-refractivity contribution in [1.82, 2.24) is 15.5 Å². The second kappa shape index (κ2) is 8.41. The second-order valence-corrected chi connectivity index (χ2v) is 8.77. The van der Waals surface area contributed by atoms with Gasteiger partial charge in [-0.1, -0.05) is 27.5 Å². The molecule has 1 aromatic carbocycles. The van der Waals surface area contributed by atoms with E-state index in [1.165, 1.54) is 0 Å². The Morgan fingerprint density at radius 2 is 1.92 bits per heavy atom. The van der Waals surface area contributed by atoms with Crippen LogP contribution in [0.4, 0.5) is 4.79 Å². The SMILES string of the molecule is CC(C)(C)NC(=O)N1CCC(CNC(=O)c2cc(Br)ccc2Cl)CC1. The predicted molar refractivity (Wildman–Crippen MR) is 104 cm³/mol. The molecule has 2 rings (SSSR count). The number of likely N-dealkylation sites (tertiary alicyclic amines) is 1. The zero-order valence-electron chi connectivity index (χ0n) is 14.9. The van der Waals surface area contributed by atoms with Gasteiger partial charge in [-0.25, -0.2) is 4.79 Å². The van der Waals surface area contributed by atoms with Crippen molar-refractivity contribution >= 4 is 39.5 Å². The molecular weight excluding hydrogens is 406 g/mol. The summed E-state index contributed by atoms with van der Waals surface area (Å²) in [7, 11) is 0. The molecular formula is C18H25BrClN3O2. The molecule has 7 heteroatoms. The first kappa shape index (κ1) is 20.0. The molecule has 0 aromatic heterocycles. The van der Waals surface area contributed by atoms with Crippen LogP contribution < -0.4 is 10.6 Å². The second-order valence-electron chi connectivity index (χ2n) is 7.44. The summed E-state index contributed by atoms with van der Waals surface area (Å²) in [6.45, 7) is 7.93. The van der Waals surface area contributed by atoms with Crippen LogP contribution in [-0.4, -0.2) is 42.0 Å². The van der Waals surface area contributed by atoms with E-state index in [1.54, 1.807) is 18.2 Å². The van der Waals surface area contributed by atoms with Gasteiger partial charge in [-0.3, -0.25) is 4.79 Å². The lowest BCUT2D eigenvalue weighted by Gasteiger charge is -2.34. The lowest BCUT2D eigenvalue weighted by Crippen LogP contribution is -2.51. The number of nitrogens with one attached hydrogen (secondary N) is 2. The van der Waals surface area contributed by atoms with Crippen molar-refractivity contribution in [3.8, 4) is 0 Å². The highest BCUT2D eigenvalue weighted by Gasteiger charge is 2.25. The zero-order chi connectivity index (χ0) is 18.6. The normalized spacial score (nSPS) is 15.8. The number of piperidine rings is 1. The summed E-state index contributed by atoms with van der Waals surface area (Å²) in [6.07, 6.45) is 1.76. The van der Waals surface area contributed by atoms with E-state index in [9.17, 15) is 9.59 Å². The molecule has 0 saturated carbocycles. The number of nitrogens with zero attached hydrogens (tertiary/aromatic N) is 1. The lowest BCUT2D eigenvalue weighted by molar-refractivity contribution is 0.0937. The van der Waals surface area contributed by atoms with E-state index in [2.05, 4.69) is 26.6 Å². The lowest BCUT2D eigenvalue weighted by atomic mass is 9.96. The van der Waals surface area contributed by atoms with E-state index in [0.717, 1.165) is 17.3 Å². The van der Waals surface area contributed by atoms with E-state index in [1.807, 2.05) is 25.7 Å². The van der Waals surface area contributed by atoms with Crippen molar-refractivity contribution in [2.75, 3.05) is 19.6 Å². The van der Waals surface area contributed by atoms with E-state index in [4.69, 9.17) is 11.6 Å².